The quantitative estimate of drug-likeness (QED) is 0.789. The van der Waals surface area contributed by atoms with Gasteiger partial charge in [-0.15, -0.1) is 0 Å². The molecule has 1 aliphatic heterocycles. The summed E-state index contributed by atoms with van der Waals surface area (Å²) in [5.74, 6) is 1.41. The third kappa shape index (κ3) is 4.10. The normalized spacial score (nSPS) is 16.1. The predicted molar refractivity (Wildman–Crippen MR) is 91.2 cm³/mol. The Bertz CT molecular complexity index is 628. The standard InChI is InChI=1S/C18H28N2O4/c1-12-13(2)23-14(3)15(12)16(21)19-8-7-9-20(11-10-19)17(22)24-18(4,5)6/h7-11H2,1-6H3. The topological polar surface area (TPSA) is 63.0 Å². The van der Waals surface area contributed by atoms with Crippen molar-refractivity contribution in [3.8, 4) is 0 Å². The maximum atomic E-state index is 12.8. The minimum atomic E-state index is -0.512. The average molecular weight is 336 g/mol. The Hall–Kier alpha value is -1.98. The molecule has 0 aromatic carbocycles. The minimum absolute atomic E-state index is 0.0205. The number of carbonyl (C=O) groups excluding carboxylic acids is 2. The van der Waals surface area contributed by atoms with Crippen molar-refractivity contribution in [2.45, 2.75) is 53.6 Å². The van der Waals surface area contributed by atoms with Crippen LogP contribution in [0.5, 0.6) is 0 Å². The van der Waals surface area contributed by atoms with Gasteiger partial charge in [-0.25, -0.2) is 4.79 Å². The Morgan fingerprint density at radius 2 is 1.54 bits per heavy atom. The summed E-state index contributed by atoms with van der Waals surface area (Å²) in [4.78, 5) is 28.5. The van der Waals surface area contributed by atoms with Crippen LogP contribution in [0.3, 0.4) is 0 Å². The maximum absolute atomic E-state index is 12.8. The minimum Gasteiger partial charge on any atom is -0.466 e. The molecule has 2 amide bonds. The van der Waals surface area contributed by atoms with Crippen LogP contribution in [0.4, 0.5) is 4.79 Å². The summed E-state index contributed by atoms with van der Waals surface area (Å²) in [5, 5.41) is 0. The van der Waals surface area contributed by atoms with Gasteiger partial charge in [0.1, 0.15) is 17.1 Å². The van der Waals surface area contributed by atoms with E-state index in [1.807, 2.05) is 41.5 Å². The first kappa shape index (κ1) is 18.4. The zero-order valence-corrected chi connectivity index (χ0v) is 15.6. The van der Waals surface area contributed by atoms with E-state index in [4.69, 9.17) is 9.15 Å². The first-order chi connectivity index (χ1) is 11.1. The van der Waals surface area contributed by atoms with Crippen molar-refractivity contribution >= 4 is 12.0 Å². The van der Waals surface area contributed by atoms with Crippen molar-refractivity contribution < 1.29 is 18.7 Å². The third-order valence-electron chi connectivity index (χ3n) is 4.21. The van der Waals surface area contributed by atoms with Gasteiger partial charge in [-0.05, 0) is 48.0 Å². The summed E-state index contributed by atoms with van der Waals surface area (Å²) < 4.78 is 11.0. The van der Waals surface area contributed by atoms with Gasteiger partial charge < -0.3 is 19.0 Å². The fourth-order valence-corrected chi connectivity index (χ4v) is 2.90. The van der Waals surface area contributed by atoms with Crippen LogP contribution in [0, 0.1) is 20.8 Å². The van der Waals surface area contributed by atoms with E-state index in [0.717, 1.165) is 17.7 Å². The van der Waals surface area contributed by atoms with Crippen molar-refractivity contribution in [3.05, 3.63) is 22.6 Å². The second-order valence-electron chi connectivity index (χ2n) is 7.33. The van der Waals surface area contributed by atoms with Crippen LogP contribution in [0.2, 0.25) is 0 Å². The van der Waals surface area contributed by atoms with Gasteiger partial charge in [0.25, 0.3) is 5.91 Å². The van der Waals surface area contributed by atoms with E-state index in [9.17, 15) is 9.59 Å². The zero-order valence-electron chi connectivity index (χ0n) is 15.6. The molecular formula is C18H28N2O4. The molecule has 0 radical (unpaired) electrons. The first-order valence-electron chi connectivity index (χ1n) is 8.44. The molecule has 0 N–H and O–H groups in total. The molecule has 6 heteroatoms. The first-order valence-corrected chi connectivity index (χ1v) is 8.44. The lowest BCUT2D eigenvalue weighted by molar-refractivity contribution is 0.0255. The lowest BCUT2D eigenvalue weighted by atomic mass is 10.1. The number of aryl methyl sites for hydroxylation is 2. The predicted octanol–water partition coefficient (Wildman–Crippen LogP) is 3.29. The fourth-order valence-electron chi connectivity index (χ4n) is 2.90. The molecule has 1 aromatic heterocycles. The van der Waals surface area contributed by atoms with Crippen LogP contribution in [-0.4, -0.2) is 53.6 Å². The molecule has 0 atom stereocenters. The molecule has 134 valence electrons. The molecule has 1 saturated heterocycles. The van der Waals surface area contributed by atoms with Gasteiger partial charge in [-0.2, -0.15) is 0 Å². The lowest BCUT2D eigenvalue weighted by Gasteiger charge is -2.26. The van der Waals surface area contributed by atoms with Crippen LogP contribution in [0.1, 0.15) is 54.6 Å². The van der Waals surface area contributed by atoms with Crippen molar-refractivity contribution in [1.82, 2.24) is 9.80 Å². The van der Waals surface area contributed by atoms with Crippen LogP contribution in [0.15, 0.2) is 4.42 Å². The summed E-state index contributed by atoms with van der Waals surface area (Å²) in [7, 11) is 0. The summed E-state index contributed by atoms with van der Waals surface area (Å²) >= 11 is 0. The van der Waals surface area contributed by atoms with Gasteiger partial charge >= 0.3 is 6.09 Å². The Kier molecular flexibility index (Phi) is 5.26. The van der Waals surface area contributed by atoms with Crippen molar-refractivity contribution in [2.24, 2.45) is 0 Å². The molecule has 1 aliphatic rings. The monoisotopic (exact) mass is 336 g/mol. The van der Waals surface area contributed by atoms with Crippen LogP contribution < -0.4 is 0 Å². The highest BCUT2D eigenvalue weighted by Crippen LogP contribution is 2.23. The molecule has 2 rings (SSSR count). The Morgan fingerprint density at radius 1 is 0.958 bits per heavy atom. The third-order valence-corrected chi connectivity index (χ3v) is 4.21. The summed E-state index contributed by atoms with van der Waals surface area (Å²) in [6.07, 6.45) is 0.420. The highest BCUT2D eigenvalue weighted by Gasteiger charge is 2.28. The van der Waals surface area contributed by atoms with E-state index in [-0.39, 0.29) is 12.0 Å². The van der Waals surface area contributed by atoms with Gasteiger partial charge in [0, 0.05) is 31.7 Å². The fraction of sp³-hybridized carbons (Fsp3) is 0.667. The van der Waals surface area contributed by atoms with E-state index in [1.54, 1.807) is 9.80 Å². The van der Waals surface area contributed by atoms with Gasteiger partial charge in [-0.3, -0.25) is 4.79 Å². The van der Waals surface area contributed by atoms with Crippen molar-refractivity contribution in [2.75, 3.05) is 26.2 Å². The van der Waals surface area contributed by atoms with Gasteiger partial charge in [0.15, 0.2) is 0 Å². The van der Waals surface area contributed by atoms with Crippen molar-refractivity contribution in [1.29, 1.82) is 0 Å². The molecule has 0 unspecified atom stereocenters. The van der Waals surface area contributed by atoms with Crippen molar-refractivity contribution in [3.63, 3.8) is 0 Å². The summed E-state index contributed by atoms with van der Waals surface area (Å²) in [6.45, 7) is 13.4. The number of ether oxygens (including phenoxy) is 1. The molecule has 0 bridgehead atoms. The maximum Gasteiger partial charge on any atom is 0.410 e. The number of carbonyl (C=O) groups is 2. The van der Waals surface area contributed by atoms with Gasteiger partial charge in [-0.1, -0.05) is 0 Å². The van der Waals surface area contributed by atoms with E-state index in [0.29, 0.717) is 37.5 Å². The molecule has 0 spiro atoms. The largest absolute Gasteiger partial charge is 0.466 e. The lowest BCUT2D eigenvalue weighted by Crippen LogP contribution is -2.40. The average Bonchev–Trinajstić information content (AvgIpc) is 2.66. The molecular weight excluding hydrogens is 308 g/mol. The van der Waals surface area contributed by atoms with E-state index < -0.39 is 5.60 Å². The van der Waals surface area contributed by atoms with Crippen LogP contribution in [0.25, 0.3) is 0 Å². The molecule has 0 saturated carbocycles. The van der Waals surface area contributed by atoms with E-state index in [2.05, 4.69) is 0 Å². The second kappa shape index (κ2) is 6.87. The molecule has 2 heterocycles. The molecule has 1 aromatic rings. The summed E-state index contributed by atoms with van der Waals surface area (Å²) in [6, 6.07) is 0. The molecule has 1 fully saturated rings. The Labute approximate surface area is 143 Å². The van der Waals surface area contributed by atoms with Gasteiger partial charge in [0.2, 0.25) is 0 Å². The van der Waals surface area contributed by atoms with E-state index >= 15 is 0 Å². The number of nitrogens with zero attached hydrogens (tertiary/aromatic N) is 2. The molecule has 0 aliphatic carbocycles. The van der Waals surface area contributed by atoms with Gasteiger partial charge in [0.05, 0.1) is 5.56 Å². The second-order valence-corrected chi connectivity index (χ2v) is 7.33. The smallest absolute Gasteiger partial charge is 0.410 e. The summed E-state index contributed by atoms with van der Waals surface area (Å²) in [5.41, 5.74) is 1.03. The number of hydrogen-bond donors (Lipinski definition) is 0. The van der Waals surface area contributed by atoms with E-state index in [1.165, 1.54) is 0 Å². The highest BCUT2D eigenvalue weighted by molar-refractivity contribution is 5.97. The number of furan rings is 1. The number of hydrogen-bond acceptors (Lipinski definition) is 4. The molecule has 24 heavy (non-hydrogen) atoms. The zero-order chi connectivity index (χ0) is 18.1. The number of amides is 2. The van der Waals surface area contributed by atoms with Crippen LogP contribution in [-0.2, 0) is 4.74 Å². The Morgan fingerprint density at radius 3 is 2.08 bits per heavy atom. The van der Waals surface area contributed by atoms with Crippen LogP contribution >= 0.6 is 0 Å². The highest BCUT2D eigenvalue weighted by atomic mass is 16.6. The molecule has 6 nitrogen and oxygen atoms in total. The number of rotatable bonds is 1. The SMILES string of the molecule is Cc1oc(C)c(C(=O)N2CCCN(C(=O)OC(C)(C)C)CC2)c1C. The Balaban J connectivity index is 2.05.